The molecule has 1 aromatic heterocycles. The number of likely N-dealkylation sites (tertiary alicyclic amines) is 1. The highest BCUT2D eigenvalue weighted by Crippen LogP contribution is 2.50. The maximum absolute atomic E-state index is 14.3. The van der Waals surface area contributed by atoms with Gasteiger partial charge in [0.05, 0.1) is 18.1 Å². The highest BCUT2D eigenvalue weighted by Gasteiger charge is 2.44. The third kappa shape index (κ3) is 4.13. The molecule has 2 N–H and O–H groups in total. The first kappa shape index (κ1) is 21.3. The molecule has 170 valence electrons. The molecule has 0 spiro atoms. The van der Waals surface area contributed by atoms with E-state index in [0.717, 1.165) is 6.42 Å². The molecule has 0 bridgehead atoms. The zero-order valence-corrected chi connectivity index (χ0v) is 18.1. The number of amides is 2. The fourth-order valence-electron chi connectivity index (χ4n) is 4.99. The van der Waals surface area contributed by atoms with Crippen molar-refractivity contribution in [2.75, 3.05) is 6.54 Å². The molecule has 0 unspecified atom stereocenters. The number of benzene rings is 2. The summed E-state index contributed by atoms with van der Waals surface area (Å²) in [6, 6.07) is 16.3. The number of Topliss-reactive ketones (excluding diaryl/α,β-unsaturated/α-hetero) is 1. The number of nitrogens with zero attached hydrogens (tertiary/aromatic N) is 3. The number of para-hydroxylation sites is 1. The molecule has 1 aliphatic carbocycles. The number of alkyl halides is 1. The summed E-state index contributed by atoms with van der Waals surface area (Å²) in [5.74, 6) is -0.579. The van der Waals surface area contributed by atoms with Gasteiger partial charge in [-0.15, -0.1) is 0 Å². The number of carbonyl (C=O) groups is 3. The van der Waals surface area contributed by atoms with Crippen molar-refractivity contribution in [2.45, 2.75) is 43.9 Å². The number of aromatic nitrogens is 2. The topological polar surface area (TPSA) is 98.3 Å². The van der Waals surface area contributed by atoms with Gasteiger partial charge in [-0.1, -0.05) is 48.5 Å². The van der Waals surface area contributed by atoms with E-state index in [0.29, 0.717) is 23.2 Å². The van der Waals surface area contributed by atoms with Gasteiger partial charge in [-0.05, 0) is 29.9 Å². The zero-order valence-electron chi connectivity index (χ0n) is 18.1. The monoisotopic (exact) mass is 448 g/mol. The second-order valence-corrected chi connectivity index (χ2v) is 8.97. The van der Waals surface area contributed by atoms with E-state index in [1.54, 1.807) is 24.3 Å². The second kappa shape index (κ2) is 8.42. The highest BCUT2D eigenvalue weighted by atomic mass is 19.1. The van der Waals surface area contributed by atoms with Gasteiger partial charge in [0.25, 0.3) is 5.91 Å². The minimum Gasteiger partial charge on any atom is -0.364 e. The minimum atomic E-state index is -1.23. The van der Waals surface area contributed by atoms with E-state index in [4.69, 9.17) is 5.73 Å². The van der Waals surface area contributed by atoms with Crippen LogP contribution >= 0.6 is 0 Å². The third-order valence-electron chi connectivity index (χ3n) is 6.73. The van der Waals surface area contributed by atoms with Gasteiger partial charge in [0.1, 0.15) is 12.7 Å². The summed E-state index contributed by atoms with van der Waals surface area (Å²) in [6.07, 6.45) is 0.0734. The molecule has 3 aromatic rings. The maximum Gasteiger partial charge on any atom is 0.269 e. The van der Waals surface area contributed by atoms with Gasteiger partial charge in [0, 0.05) is 18.2 Å². The third-order valence-corrected chi connectivity index (χ3v) is 6.73. The Morgan fingerprint density at radius 1 is 1.03 bits per heavy atom. The Bertz CT molecular complexity index is 1220. The molecule has 2 aromatic carbocycles. The molecule has 7 nitrogen and oxygen atoms in total. The first-order valence-electron chi connectivity index (χ1n) is 11.2. The normalized spacial score (nSPS) is 24.2. The quantitative estimate of drug-likeness (QED) is 0.601. The minimum absolute atomic E-state index is 0.0275. The number of halogens is 1. The summed E-state index contributed by atoms with van der Waals surface area (Å²) in [5.41, 5.74) is 7.31. The van der Waals surface area contributed by atoms with Crippen molar-refractivity contribution in [1.29, 1.82) is 0 Å². The zero-order chi connectivity index (χ0) is 23.1. The van der Waals surface area contributed by atoms with E-state index in [9.17, 15) is 18.8 Å². The number of rotatable bonds is 7. The van der Waals surface area contributed by atoms with E-state index in [-0.39, 0.29) is 36.9 Å². The molecule has 0 radical (unpaired) electrons. The Balaban J connectivity index is 1.29. The van der Waals surface area contributed by atoms with Crippen molar-refractivity contribution < 1.29 is 18.8 Å². The predicted molar refractivity (Wildman–Crippen MR) is 120 cm³/mol. The Morgan fingerprint density at radius 3 is 2.52 bits per heavy atom. The van der Waals surface area contributed by atoms with Crippen LogP contribution in [0.3, 0.4) is 0 Å². The Labute approximate surface area is 190 Å². The molecule has 5 rings (SSSR count). The lowest BCUT2D eigenvalue weighted by molar-refractivity contribution is -0.138. The molecule has 2 aliphatic rings. The van der Waals surface area contributed by atoms with Gasteiger partial charge < -0.3 is 10.6 Å². The molecule has 1 saturated carbocycles. The Morgan fingerprint density at radius 2 is 1.76 bits per heavy atom. The van der Waals surface area contributed by atoms with Crippen LogP contribution in [0.15, 0.2) is 54.6 Å². The summed E-state index contributed by atoms with van der Waals surface area (Å²) in [5, 5.41) is 4.76. The SMILES string of the molecule is NC(=O)c1nn(CC(=O)N2C[C@H](F)C[C@H]2C(=O)C[C@@H]2C[C@H]2c2ccccc2)c2ccccc12. The van der Waals surface area contributed by atoms with Crippen molar-refractivity contribution in [2.24, 2.45) is 11.7 Å². The summed E-state index contributed by atoms with van der Waals surface area (Å²) in [4.78, 5) is 39.3. The standard InChI is InChI=1S/C25H25FN4O3/c26-17-12-21(22(31)11-16-10-19(16)15-6-2-1-3-7-15)29(13-17)23(32)14-30-20-9-5-4-8-18(20)24(28-30)25(27)33/h1-9,16-17,19,21H,10-14H2,(H2,27,33)/t16-,17+,19-,21-/m0/s1. The molecular weight excluding hydrogens is 423 g/mol. The number of ketones is 1. The molecule has 8 heteroatoms. The lowest BCUT2D eigenvalue weighted by Gasteiger charge is -2.23. The molecule has 2 heterocycles. The molecule has 4 atom stereocenters. The molecule has 2 amide bonds. The van der Waals surface area contributed by atoms with Crippen LogP contribution in [0, 0.1) is 5.92 Å². The smallest absolute Gasteiger partial charge is 0.269 e. The number of nitrogens with two attached hydrogens (primary N) is 1. The number of carbonyl (C=O) groups excluding carboxylic acids is 3. The maximum atomic E-state index is 14.3. The fourth-order valence-corrected chi connectivity index (χ4v) is 4.99. The van der Waals surface area contributed by atoms with Crippen molar-refractivity contribution in [3.8, 4) is 0 Å². The summed E-state index contributed by atoms with van der Waals surface area (Å²) in [6.45, 7) is -0.301. The van der Waals surface area contributed by atoms with Crippen LogP contribution in [-0.2, 0) is 16.1 Å². The van der Waals surface area contributed by atoms with Gasteiger partial charge in [-0.25, -0.2) is 4.39 Å². The van der Waals surface area contributed by atoms with Crippen molar-refractivity contribution in [3.63, 3.8) is 0 Å². The highest BCUT2D eigenvalue weighted by molar-refractivity contribution is 6.04. The van der Waals surface area contributed by atoms with Gasteiger partial charge in [-0.2, -0.15) is 5.10 Å². The molecule has 1 saturated heterocycles. The molecule has 33 heavy (non-hydrogen) atoms. The van der Waals surface area contributed by atoms with Crippen LogP contribution in [0.4, 0.5) is 4.39 Å². The van der Waals surface area contributed by atoms with Gasteiger partial charge in [0.2, 0.25) is 5.91 Å². The van der Waals surface area contributed by atoms with Crippen LogP contribution in [0.5, 0.6) is 0 Å². The number of hydrogen-bond donors (Lipinski definition) is 1. The molecular formula is C25H25FN4O3. The van der Waals surface area contributed by atoms with E-state index >= 15 is 0 Å². The largest absolute Gasteiger partial charge is 0.364 e. The Kier molecular flexibility index (Phi) is 5.44. The van der Waals surface area contributed by atoms with Crippen molar-refractivity contribution in [1.82, 2.24) is 14.7 Å². The lowest BCUT2D eigenvalue weighted by Crippen LogP contribution is -2.42. The number of primary amides is 1. The van der Waals surface area contributed by atoms with Gasteiger partial charge in [-0.3, -0.25) is 19.1 Å². The molecule has 1 aliphatic heterocycles. The fraction of sp³-hybridized carbons (Fsp3) is 0.360. The number of fused-ring (bicyclic) bond motifs is 1. The summed E-state index contributed by atoms with van der Waals surface area (Å²) >= 11 is 0. The van der Waals surface area contributed by atoms with Crippen molar-refractivity contribution in [3.05, 3.63) is 65.9 Å². The average molecular weight is 448 g/mol. The Hall–Kier alpha value is -3.55. The van der Waals surface area contributed by atoms with Crippen LogP contribution < -0.4 is 5.73 Å². The van der Waals surface area contributed by atoms with Crippen molar-refractivity contribution >= 4 is 28.5 Å². The first-order valence-corrected chi connectivity index (χ1v) is 11.2. The van der Waals surface area contributed by atoms with Gasteiger partial charge >= 0.3 is 0 Å². The lowest BCUT2D eigenvalue weighted by atomic mass is 10.0. The second-order valence-electron chi connectivity index (χ2n) is 8.97. The summed E-state index contributed by atoms with van der Waals surface area (Å²) in [7, 11) is 0. The van der Waals surface area contributed by atoms with Crippen LogP contribution in [0.2, 0.25) is 0 Å². The predicted octanol–water partition coefficient (Wildman–Crippen LogP) is 2.84. The first-order chi connectivity index (χ1) is 15.9. The van der Waals surface area contributed by atoms with Crippen LogP contribution in [-0.4, -0.2) is 51.0 Å². The molecule has 2 fully saturated rings. The van der Waals surface area contributed by atoms with E-state index in [1.165, 1.54) is 15.1 Å². The van der Waals surface area contributed by atoms with Crippen LogP contribution in [0.25, 0.3) is 10.9 Å². The average Bonchev–Trinajstić information content (AvgIpc) is 3.30. The van der Waals surface area contributed by atoms with E-state index < -0.39 is 24.0 Å². The van der Waals surface area contributed by atoms with Gasteiger partial charge in [0.15, 0.2) is 11.5 Å². The summed E-state index contributed by atoms with van der Waals surface area (Å²) < 4.78 is 15.7. The van der Waals surface area contributed by atoms with E-state index in [1.807, 2.05) is 18.2 Å². The van der Waals surface area contributed by atoms with Crippen LogP contribution in [0.1, 0.15) is 41.2 Å². The van der Waals surface area contributed by atoms with E-state index in [2.05, 4.69) is 17.2 Å². The number of hydrogen-bond acceptors (Lipinski definition) is 4.